The van der Waals surface area contributed by atoms with Crippen LogP contribution in [-0.2, 0) is 0 Å². The van der Waals surface area contributed by atoms with Crippen molar-refractivity contribution in [3.8, 4) is 0 Å². The lowest BCUT2D eigenvalue weighted by Crippen LogP contribution is -2.24. The fraction of sp³-hybridized carbons (Fsp3) is 0.750. The second-order valence-electron chi connectivity index (χ2n) is 4.87. The Bertz CT molecular complexity index is 329. The third-order valence-corrected chi connectivity index (χ3v) is 4.48. The summed E-state index contributed by atoms with van der Waals surface area (Å²) < 4.78 is 2.30. The summed E-state index contributed by atoms with van der Waals surface area (Å²) in [5, 5.41) is 0. The lowest BCUT2D eigenvalue weighted by molar-refractivity contribution is 0.431. The van der Waals surface area contributed by atoms with Gasteiger partial charge in [-0.1, -0.05) is 13.8 Å². The van der Waals surface area contributed by atoms with Gasteiger partial charge in [0.15, 0.2) is 0 Å². The lowest BCUT2D eigenvalue weighted by atomic mass is 10.0. The molecule has 16 heavy (non-hydrogen) atoms. The van der Waals surface area contributed by atoms with Crippen molar-refractivity contribution in [2.75, 3.05) is 11.5 Å². The van der Waals surface area contributed by atoms with Crippen LogP contribution < -0.4 is 5.73 Å². The van der Waals surface area contributed by atoms with E-state index in [0.717, 1.165) is 0 Å². The molecule has 4 heteroatoms. The van der Waals surface area contributed by atoms with Crippen LogP contribution in [0.5, 0.6) is 0 Å². The highest BCUT2D eigenvalue weighted by Gasteiger charge is 2.21. The molecule has 0 aromatic carbocycles. The summed E-state index contributed by atoms with van der Waals surface area (Å²) in [6.45, 7) is 4.33. The van der Waals surface area contributed by atoms with Gasteiger partial charge in [-0.15, -0.1) is 0 Å². The molecular weight excluding hydrogens is 218 g/mol. The van der Waals surface area contributed by atoms with Crippen LogP contribution in [0.2, 0.25) is 0 Å². The monoisotopic (exact) mass is 239 g/mol. The van der Waals surface area contributed by atoms with Crippen molar-refractivity contribution in [2.45, 2.75) is 38.8 Å². The Labute approximate surface area is 102 Å². The predicted octanol–water partition coefficient (Wildman–Crippen LogP) is 2.61. The minimum Gasteiger partial charge on any atom is -0.329 e. The molecule has 2 N–H and O–H groups in total. The summed E-state index contributed by atoms with van der Waals surface area (Å²) in [5.41, 5.74) is 7.42. The van der Waals surface area contributed by atoms with Gasteiger partial charge in [-0.25, -0.2) is 4.98 Å². The van der Waals surface area contributed by atoms with E-state index in [1.54, 1.807) is 0 Å². The van der Waals surface area contributed by atoms with Gasteiger partial charge >= 0.3 is 0 Å². The summed E-state index contributed by atoms with van der Waals surface area (Å²) in [7, 11) is 0. The zero-order chi connectivity index (χ0) is 11.5. The van der Waals surface area contributed by atoms with Crippen molar-refractivity contribution in [1.82, 2.24) is 9.55 Å². The molecule has 0 amide bonds. The zero-order valence-corrected chi connectivity index (χ0v) is 10.9. The van der Waals surface area contributed by atoms with E-state index in [9.17, 15) is 0 Å². The average molecular weight is 239 g/mol. The number of thioether (sulfide) groups is 1. The molecule has 1 aliphatic heterocycles. The number of hydrogen-bond donors (Lipinski definition) is 1. The lowest BCUT2D eigenvalue weighted by Gasteiger charge is -2.27. The van der Waals surface area contributed by atoms with Gasteiger partial charge in [0.05, 0.1) is 12.0 Å². The number of nitrogens with two attached hydrogens (primary N) is 1. The van der Waals surface area contributed by atoms with E-state index in [4.69, 9.17) is 5.73 Å². The van der Waals surface area contributed by atoms with E-state index in [2.05, 4.69) is 23.4 Å². The Morgan fingerprint density at radius 3 is 3.00 bits per heavy atom. The number of imidazole rings is 1. The third-order valence-electron chi connectivity index (χ3n) is 3.29. The second-order valence-corrected chi connectivity index (χ2v) is 6.02. The van der Waals surface area contributed by atoms with Crippen LogP contribution in [-0.4, -0.2) is 21.1 Å². The number of nitrogens with zero attached hydrogens (tertiary/aromatic N) is 2. The molecule has 2 atom stereocenters. The van der Waals surface area contributed by atoms with Gasteiger partial charge in [0.1, 0.15) is 0 Å². The first-order valence-electron chi connectivity index (χ1n) is 6.05. The molecule has 0 spiro atoms. The van der Waals surface area contributed by atoms with E-state index in [1.165, 1.54) is 30.0 Å². The van der Waals surface area contributed by atoms with Crippen molar-refractivity contribution in [3.63, 3.8) is 0 Å². The summed E-state index contributed by atoms with van der Waals surface area (Å²) in [4.78, 5) is 4.27. The fourth-order valence-corrected chi connectivity index (χ4v) is 3.30. The molecule has 1 aromatic heterocycles. The molecular formula is C12H21N3S. The first-order chi connectivity index (χ1) is 7.70. The number of hydrogen-bond acceptors (Lipinski definition) is 3. The van der Waals surface area contributed by atoms with Crippen LogP contribution in [0.3, 0.4) is 0 Å². The summed E-state index contributed by atoms with van der Waals surface area (Å²) in [5.74, 6) is 2.97. The SMILES string of the molecule is CC(C)C(N)c1cncn1C1CCCSC1. The molecule has 1 fully saturated rings. The van der Waals surface area contributed by atoms with Crippen LogP contribution >= 0.6 is 11.8 Å². The smallest absolute Gasteiger partial charge is 0.0951 e. The van der Waals surface area contributed by atoms with Crippen LogP contribution in [0.15, 0.2) is 12.5 Å². The molecule has 0 aliphatic carbocycles. The quantitative estimate of drug-likeness (QED) is 0.881. The normalized spacial score (nSPS) is 23.6. The summed E-state index contributed by atoms with van der Waals surface area (Å²) in [6.07, 6.45) is 6.46. The Morgan fingerprint density at radius 1 is 1.56 bits per heavy atom. The van der Waals surface area contributed by atoms with E-state index < -0.39 is 0 Å². The van der Waals surface area contributed by atoms with Gasteiger partial charge in [0, 0.05) is 24.0 Å². The van der Waals surface area contributed by atoms with Crippen molar-refractivity contribution in [1.29, 1.82) is 0 Å². The number of aromatic nitrogens is 2. The topological polar surface area (TPSA) is 43.8 Å². The van der Waals surface area contributed by atoms with Crippen LogP contribution in [0.1, 0.15) is 44.5 Å². The van der Waals surface area contributed by atoms with E-state index in [0.29, 0.717) is 12.0 Å². The first-order valence-corrected chi connectivity index (χ1v) is 7.20. The molecule has 1 aromatic rings. The molecule has 1 saturated heterocycles. The van der Waals surface area contributed by atoms with Gasteiger partial charge in [0.25, 0.3) is 0 Å². The summed E-state index contributed by atoms with van der Waals surface area (Å²) in [6, 6.07) is 0.704. The fourth-order valence-electron chi connectivity index (χ4n) is 2.16. The van der Waals surface area contributed by atoms with Crippen LogP contribution in [0.4, 0.5) is 0 Å². The van der Waals surface area contributed by atoms with Crippen LogP contribution in [0, 0.1) is 5.92 Å². The molecule has 2 unspecified atom stereocenters. The largest absolute Gasteiger partial charge is 0.329 e. The van der Waals surface area contributed by atoms with Crippen molar-refractivity contribution in [3.05, 3.63) is 18.2 Å². The number of rotatable bonds is 3. The maximum Gasteiger partial charge on any atom is 0.0951 e. The van der Waals surface area contributed by atoms with E-state index >= 15 is 0 Å². The van der Waals surface area contributed by atoms with Gasteiger partial charge in [-0.2, -0.15) is 11.8 Å². The van der Waals surface area contributed by atoms with Gasteiger partial charge in [-0.3, -0.25) is 0 Å². The Balaban J connectivity index is 2.17. The Morgan fingerprint density at radius 2 is 2.38 bits per heavy atom. The molecule has 90 valence electrons. The molecule has 0 saturated carbocycles. The molecule has 2 heterocycles. The highest BCUT2D eigenvalue weighted by Crippen LogP contribution is 2.30. The predicted molar refractivity (Wildman–Crippen MR) is 69.6 cm³/mol. The Hall–Kier alpha value is -0.480. The Kier molecular flexibility index (Phi) is 3.92. The van der Waals surface area contributed by atoms with Gasteiger partial charge in [-0.05, 0) is 24.5 Å². The van der Waals surface area contributed by atoms with Crippen LogP contribution in [0.25, 0.3) is 0 Å². The zero-order valence-electron chi connectivity index (χ0n) is 10.1. The van der Waals surface area contributed by atoms with Crippen molar-refractivity contribution >= 4 is 11.8 Å². The van der Waals surface area contributed by atoms with Gasteiger partial charge < -0.3 is 10.3 Å². The average Bonchev–Trinajstić information content (AvgIpc) is 2.77. The van der Waals surface area contributed by atoms with Gasteiger partial charge in [0.2, 0.25) is 0 Å². The standard InChI is InChI=1S/C12H21N3S/c1-9(2)12(13)11-6-14-8-15(11)10-4-3-5-16-7-10/h6,8-10,12H,3-5,7,13H2,1-2H3. The third kappa shape index (κ3) is 2.43. The summed E-state index contributed by atoms with van der Waals surface area (Å²) >= 11 is 2.04. The molecule has 1 aliphatic rings. The van der Waals surface area contributed by atoms with E-state index in [1.807, 2.05) is 24.3 Å². The molecule has 2 rings (SSSR count). The minimum atomic E-state index is 0.106. The van der Waals surface area contributed by atoms with Crippen molar-refractivity contribution < 1.29 is 0 Å². The molecule has 0 radical (unpaired) electrons. The highest BCUT2D eigenvalue weighted by atomic mass is 32.2. The highest BCUT2D eigenvalue weighted by molar-refractivity contribution is 7.99. The minimum absolute atomic E-state index is 0.106. The van der Waals surface area contributed by atoms with E-state index in [-0.39, 0.29) is 6.04 Å². The maximum absolute atomic E-state index is 6.22. The maximum atomic E-state index is 6.22. The molecule has 0 bridgehead atoms. The first kappa shape index (κ1) is 12.0. The molecule has 3 nitrogen and oxygen atoms in total. The second kappa shape index (κ2) is 5.23. The van der Waals surface area contributed by atoms with Crippen molar-refractivity contribution in [2.24, 2.45) is 11.7 Å².